The lowest BCUT2D eigenvalue weighted by Gasteiger charge is -2.17. The molecule has 0 saturated heterocycles. The summed E-state index contributed by atoms with van der Waals surface area (Å²) in [5.41, 5.74) is 0.833. The van der Waals surface area contributed by atoms with Gasteiger partial charge in [-0.2, -0.15) is 0 Å². The summed E-state index contributed by atoms with van der Waals surface area (Å²) in [4.78, 5) is 17.8. The molecule has 0 aliphatic rings. The third-order valence-electron chi connectivity index (χ3n) is 2.77. The SMILES string of the molecule is CCN(CC)C(=O)COc1nc2ccc(Cl)cc2s1. The highest BCUT2D eigenvalue weighted by Crippen LogP contribution is 2.29. The molecular formula is C13H15ClN2O2S. The number of carbonyl (C=O) groups is 1. The van der Waals surface area contributed by atoms with Crippen molar-refractivity contribution < 1.29 is 9.53 Å². The number of aromatic nitrogens is 1. The van der Waals surface area contributed by atoms with Gasteiger partial charge in [0.25, 0.3) is 11.1 Å². The molecule has 2 aromatic rings. The molecule has 0 unspecified atom stereocenters. The van der Waals surface area contributed by atoms with Crippen molar-refractivity contribution in [1.82, 2.24) is 9.88 Å². The van der Waals surface area contributed by atoms with Crippen molar-refractivity contribution in [3.05, 3.63) is 23.2 Å². The summed E-state index contributed by atoms with van der Waals surface area (Å²) in [5.74, 6) is -0.0257. The van der Waals surface area contributed by atoms with Gasteiger partial charge in [-0.1, -0.05) is 22.9 Å². The Balaban J connectivity index is 2.03. The molecule has 102 valence electrons. The Bertz CT molecular complexity index is 581. The lowest BCUT2D eigenvalue weighted by atomic mass is 10.3. The summed E-state index contributed by atoms with van der Waals surface area (Å²) in [6, 6.07) is 5.47. The number of amides is 1. The largest absolute Gasteiger partial charge is 0.460 e. The van der Waals surface area contributed by atoms with Crippen LogP contribution in [0.2, 0.25) is 5.02 Å². The van der Waals surface area contributed by atoms with Gasteiger partial charge >= 0.3 is 0 Å². The second-order valence-electron chi connectivity index (χ2n) is 3.95. The van der Waals surface area contributed by atoms with E-state index in [1.165, 1.54) is 11.3 Å². The number of nitrogens with zero attached hydrogens (tertiary/aromatic N) is 2. The number of halogens is 1. The summed E-state index contributed by atoms with van der Waals surface area (Å²) in [6.07, 6.45) is 0. The number of carbonyl (C=O) groups excluding carboxylic acids is 1. The maximum absolute atomic E-state index is 11.8. The Hall–Kier alpha value is -1.33. The summed E-state index contributed by atoms with van der Waals surface area (Å²) < 4.78 is 6.41. The minimum Gasteiger partial charge on any atom is -0.460 e. The number of fused-ring (bicyclic) bond motifs is 1. The maximum atomic E-state index is 11.8. The van der Waals surface area contributed by atoms with Gasteiger partial charge in [0.15, 0.2) is 6.61 Å². The minimum absolute atomic E-state index is 0.0230. The molecule has 1 aromatic heterocycles. The minimum atomic E-state index is -0.0257. The number of ether oxygens (including phenoxy) is 1. The van der Waals surface area contributed by atoms with E-state index >= 15 is 0 Å². The van der Waals surface area contributed by atoms with Crippen molar-refractivity contribution in [1.29, 1.82) is 0 Å². The van der Waals surface area contributed by atoms with Crippen LogP contribution in [0.1, 0.15) is 13.8 Å². The molecular weight excluding hydrogens is 284 g/mol. The fraction of sp³-hybridized carbons (Fsp3) is 0.385. The summed E-state index contributed by atoms with van der Waals surface area (Å²) in [6.45, 7) is 5.29. The summed E-state index contributed by atoms with van der Waals surface area (Å²) in [5, 5.41) is 1.17. The number of hydrogen-bond donors (Lipinski definition) is 0. The normalized spacial score (nSPS) is 10.7. The number of rotatable bonds is 5. The third kappa shape index (κ3) is 3.36. The van der Waals surface area contributed by atoms with Crippen LogP contribution in [-0.4, -0.2) is 35.5 Å². The quantitative estimate of drug-likeness (QED) is 0.851. The molecule has 6 heteroatoms. The predicted molar refractivity (Wildman–Crippen MR) is 78.1 cm³/mol. The van der Waals surface area contributed by atoms with Gasteiger partial charge in [0, 0.05) is 18.1 Å². The molecule has 0 fully saturated rings. The van der Waals surface area contributed by atoms with Gasteiger partial charge in [0.2, 0.25) is 0 Å². The van der Waals surface area contributed by atoms with Gasteiger partial charge in [-0.25, -0.2) is 4.98 Å². The zero-order valence-electron chi connectivity index (χ0n) is 10.9. The molecule has 2 rings (SSSR count). The molecule has 0 saturated carbocycles. The number of benzene rings is 1. The molecule has 1 aromatic carbocycles. The van der Waals surface area contributed by atoms with Crippen molar-refractivity contribution in [2.45, 2.75) is 13.8 Å². The van der Waals surface area contributed by atoms with E-state index in [1.807, 2.05) is 26.0 Å². The standard InChI is InChI=1S/C13H15ClN2O2S/c1-3-16(4-2)12(17)8-18-13-15-10-6-5-9(14)7-11(10)19-13/h5-7H,3-4,8H2,1-2H3. The van der Waals surface area contributed by atoms with Crippen LogP contribution in [0.15, 0.2) is 18.2 Å². The Morgan fingerprint density at radius 3 is 2.84 bits per heavy atom. The molecule has 1 heterocycles. The lowest BCUT2D eigenvalue weighted by Crippen LogP contribution is -2.34. The van der Waals surface area contributed by atoms with Crippen LogP contribution in [-0.2, 0) is 4.79 Å². The fourth-order valence-electron chi connectivity index (χ4n) is 1.73. The van der Waals surface area contributed by atoms with Gasteiger partial charge in [-0.3, -0.25) is 4.79 Å². The average molecular weight is 299 g/mol. The topological polar surface area (TPSA) is 42.4 Å². The van der Waals surface area contributed by atoms with Gasteiger partial charge in [0.1, 0.15) is 0 Å². The van der Waals surface area contributed by atoms with Gasteiger partial charge < -0.3 is 9.64 Å². The van der Waals surface area contributed by atoms with E-state index in [2.05, 4.69) is 4.98 Å². The average Bonchev–Trinajstić information content (AvgIpc) is 2.79. The Labute approximate surface area is 121 Å². The van der Waals surface area contributed by atoms with E-state index in [1.54, 1.807) is 11.0 Å². The highest BCUT2D eigenvalue weighted by molar-refractivity contribution is 7.20. The molecule has 0 radical (unpaired) electrons. The smallest absolute Gasteiger partial charge is 0.274 e. The molecule has 0 aliphatic heterocycles. The van der Waals surface area contributed by atoms with Crippen molar-refractivity contribution in [3.63, 3.8) is 0 Å². The first-order valence-corrected chi connectivity index (χ1v) is 7.30. The van der Waals surface area contributed by atoms with Crippen LogP contribution in [0.3, 0.4) is 0 Å². The Morgan fingerprint density at radius 1 is 1.42 bits per heavy atom. The van der Waals surface area contributed by atoms with E-state index < -0.39 is 0 Å². The first-order chi connectivity index (χ1) is 9.13. The zero-order chi connectivity index (χ0) is 13.8. The van der Waals surface area contributed by atoms with Crippen molar-refractivity contribution >= 4 is 39.1 Å². The first-order valence-electron chi connectivity index (χ1n) is 6.10. The van der Waals surface area contributed by atoms with Gasteiger partial charge in [-0.15, -0.1) is 0 Å². The van der Waals surface area contributed by atoms with Crippen LogP contribution in [0.5, 0.6) is 5.19 Å². The highest BCUT2D eigenvalue weighted by Gasteiger charge is 2.12. The van der Waals surface area contributed by atoms with Gasteiger partial charge in [0.05, 0.1) is 10.2 Å². The fourth-order valence-corrected chi connectivity index (χ4v) is 2.82. The predicted octanol–water partition coefficient (Wildman–Crippen LogP) is 3.20. The Kier molecular flexibility index (Phi) is 4.61. The van der Waals surface area contributed by atoms with Crippen LogP contribution >= 0.6 is 22.9 Å². The molecule has 0 atom stereocenters. The van der Waals surface area contributed by atoms with E-state index in [0.717, 1.165) is 10.2 Å². The highest BCUT2D eigenvalue weighted by atomic mass is 35.5. The Morgan fingerprint density at radius 2 is 2.16 bits per heavy atom. The number of hydrogen-bond acceptors (Lipinski definition) is 4. The van der Waals surface area contributed by atoms with E-state index in [0.29, 0.717) is 23.3 Å². The maximum Gasteiger partial charge on any atom is 0.274 e. The third-order valence-corrected chi connectivity index (χ3v) is 3.93. The van der Waals surface area contributed by atoms with Gasteiger partial charge in [-0.05, 0) is 32.0 Å². The lowest BCUT2D eigenvalue weighted by molar-refractivity contribution is -0.132. The van der Waals surface area contributed by atoms with Crippen molar-refractivity contribution in [2.75, 3.05) is 19.7 Å². The molecule has 0 N–H and O–H groups in total. The summed E-state index contributed by atoms with van der Waals surface area (Å²) >= 11 is 7.30. The van der Waals surface area contributed by atoms with Crippen LogP contribution in [0, 0.1) is 0 Å². The van der Waals surface area contributed by atoms with Crippen LogP contribution in [0.25, 0.3) is 10.2 Å². The second-order valence-corrected chi connectivity index (χ2v) is 5.38. The second kappa shape index (κ2) is 6.21. The van der Waals surface area contributed by atoms with E-state index in [9.17, 15) is 4.79 Å². The molecule has 0 bridgehead atoms. The van der Waals surface area contributed by atoms with Crippen LogP contribution in [0.4, 0.5) is 0 Å². The number of likely N-dealkylation sites (N-methyl/N-ethyl adjacent to an activating group) is 1. The van der Waals surface area contributed by atoms with E-state index in [-0.39, 0.29) is 12.5 Å². The molecule has 19 heavy (non-hydrogen) atoms. The molecule has 0 spiro atoms. The molecule has 4 nitrogen and oxygen atoms in total. The number of thiazole rings is 1. The van der Waals surface area contributed by atoms with Crippen molar-refractivity contribution in [2.24, 2.45) is 0 Å². The first kappa shape index (κ1) is 14.1. The molecule has 1 amide bonds. The zero-order valence-corrected chi connectivity index (χ0v) is 12.4. The monoisotopic (exact) mass is 298 g/mol. The molecule has 0 aliphatic carbocycles. The van der Waals surface area contributed by atoms with Crippen LogP contribution < -0.4 is 4.74 Å². The van der Waals surface area contributed by atoms with E-state index in [4.69, 9.17) is 16.3 Å². The summed E-state index contributed by atoms with van der Waals surface area (Å²) in [7, 11) is 0. The van der Waals surface area contributed by atoms with Crippen molar-refractivity contribution in [3.8, 4) is 5.19 Å².